The van der Waals surface area contributed by atoms with Gasteiger partial charge in [-0.3, -0.25) is 0 Å². The van der Waals surface area contributed by atoms with Crippen LogP contribution in [0.15, 0.2) is 0 Å². The van der Waals surface area contributed by atoms with E-state index in [1.165, 1.54) is 32.2 Å². The van der Waals surface area contributed by atoms with Gasteiger partial charge in [0.1, 0.15) is 0 Å². The molecule has 17 heavy (non-hydrogen) atoms. The van der Waals surface area contributed by atoms with Gasteiger partial charge in [0.05, 0.1) is 0 Å². The van der Waals surface area contributed by atoms with Crippen molar-refractivity contribution in [3.05, 3.63) is 0 Å². The molecule has 2 nitrogen and oxygen atoms in total. The maximum Gasteiger partial charge on any atom is 0.0164 e. The molecule has 100 valence electrons. The molecular weight excluding hydrogens is 208 g/mol. The summed E-state index contributed by atoms with van der Waals surface area (Å²) in [7, 11) is 0. The van der Waals surface area contributed by atoms with Crippen LogP contribution in [0.1, 0.15) is 46.5 Å². The average molecular weight is 238 g/mol. The van der Waals surface area contributed by atoms with Gasteiger partial charge in [-0.15, -0.1) is 0 Å². The molecule has 0 amide bonds. The molecule has 2 aliphatic rings. The van der Waals surface area contributed by atoms with E-state index in [1.807, 2.05) is 0 Å². The SMILES string of the molecule is CC(C)CNCC(C)NCC1C2CCCCC21. The largest absolute Gasteiger partial charge is 0.315 e. The van der Waals surface area contributed by atoms with Crippen LogP contribution in [0.5, 0.6) is 0 Å². The maximum absolute atomic E-state index is 3.71. The van der Waals surface area contributed by atoms with Gasteiger partial charge in [0, 0.05) is 12.6 Å². The fourth-order valence-corrected chi connectivity index (χ4v) is 3.44. The lowest BCUT2D eigenvalue weighted by atomic mass is 10.0. The summed E-state index contributed by atoms with van der Waals surface area (Å²) >= 11 is 0. The molecule has 0 spiro atoms. The van der Waals surface area contributed by atoms with E-state index >= 15 is 0 Å². The summed E-state index contributed by atoms with van der Waals surface area (Å²) in [6, 6.07) is 0.622. The highest BCUT2D eigenvalue weighted by atomic mass is 15.0. The highest BCUT2D eigenvalue weighted by molar-refractivity contribution is 5.00. The first-order valence-electron chi connectivity index (χ1n) is 7.62. The molecule has 0 aromatic carbocycles. The van der Waals surface area contributed by atoms with Crippen LogP contribution in [0.3, 0.4) is 0 Å². The summed E-state index contributed by atoms with van der Waals surface area (Å²) in [4.78, 5) is 0. The van der Waals surface area contributed by atoms with Crippen molar-refractivity contribution in [1.29, 1.82) is 0 Å². The Labute approximate surface area is 107 Å². The van der Waals surface area contributed by atoms with E-state index in [4.69, 9.17) is 0 Å². The average Bonchev–Trinajstić information content (AvgIpc) is 2.99. The van der Waals surface area contributed by atoms with Crippen molar-refractivity contribution in [1.82, 2.24) is 10.6 Å². The lowest BCUT2D eigenvalue weighted by molar-refractivity contribution is 0.456. The zero-order valence-corrected chi connectivity index (χ0v) is 11.8. The number of fused-ring (bicyclic) bond motifs is 1. The highest BCUT2D eigenvalue weighted by Gasteiger charge is 2.49. The van der Waals surface area contributed by atoms with Crippen LogP contribution in [-0.2, 0) is 0 Å². The van der Waals surface area contributed by atoms with E-state index in [2.05, 4.69) is 31.4 Å². The van der Waals surface area contributed by atoms with Crippen LogP contribution in [0, 0.1) is 23.7 Å². The summed E-state index contributed by atoms with van der Waals surface area (Å²) in [5.74, 6) is 3.96. The van der Waals surface area contributed by atoms with Crippen LogP contribution < -0.4 is 10.6 Å². The Kier molecular flexibility index (Phi) is 4.87. The smallest absolute Gasteiger partial charge is 0.0164 e. The second kappa shape index (κ2) is 6.19. The Morgan fingerprint density at radius 1 is 1.00 bits per heavy atom. The Hall–Kier alpha value is -0.0800. The minimum atomic E-state index is 0.622. The number of hydrogen-bond donors (Lipinski definition) is 2. The van der Waals surface area contributed by atoms with Gasteiger partial charge in [0.25, 0.3) is 0 Å². The lowest BCUT2D eigenvalue weighted by Crippen LogP contribution is -2.38. The predicted octanol–water partition coefficient (Wildman–Crippen LogP) is 2.65. The van der Waals surface area contributed by atoms with Crippen LogP contribution in [0.25, 0.3) is 0 Å². The van der Waals surface area contributed by atoms with E-state index in [0.29, 0.717) is 6.04 Å². The summed E-state index contributed by atoms with van der Waals surface area (Å²) < 4.78 is 0. The van der Waals surface area contributed by atoms with Crippen molar-refractivity contribution < 1.29 is 0 Å². The predicted molar refractivity (Wildman–Crippen MR) is 74.1 cm³/mol. The Balaban J connectivity index is 1.53. The Morgan fingerprint density at radius 3 is 2.24 bits per heavy atom. The zero-order chi connectivity index (χ0) is 12.3. The second-order valence-corrected chi connectivity index (χ2v) is 6.64. The molecular formula is C15H30N2. The highest BCUT2D eigenvalue weighted by Crippen LogP contribution is 2.54. The van der Waals surface area contributed by atoms with Crippen LogP contribution in [0.2, 0.25) is 0 Å². The lowest BCUT2D eigenvalue weighted by Gasteiger charge is -2.15. The van der Waals surface area contributed by atoms with Gasteiger partial charge in [-0.1, -0.05) is 26.7 Å². The summed E-state index contributed by atoms with van der Waals surface area (Å²) in [5, 5.41) is 7.24. The van der Waals surface area contributed by atoms with Crippen molar-refractivity contribution in [3.63, 3.8) is 0 Å². The minimum absolute atomic E-state index is 0.622. The van der Waals surface area contributed by atoms with Gasteiger partial charge in [-0.2, -0.15) is 0 Å². The molecule has 2 rings (SSSR count). The molecule has 0 radical (unpaired) electrons. The molecule has 3 unspecified atom stereocenters. The topological polar surface area (TPSA) is 24.1 Å². The quantitative estimate of drug-likeness (QED) is 0.712. The standard InChI is InChI=1S/C15H30N2/c1-11(2)8-16-9-12(3)17-10-15-13-6-4-5-7-14(13)15/h11-17H,4-10H2,1-3H3. The van der Waals surface area contributed by atoms with Gasteiger partial charge in [0.2, 0.25) is 0 Å². The van der Waals surface area contributed by atoms with Crippen LogP contribution in [-0.4, -0.2) is 25.7 Å². The van der Waals surface area contributed by atoms with Gasteiger partial charge < -0.3 is 10.6 Å². The first-order valence-corrected chi connectivity index (χ1v) is 7.62. The fraction of sp³-hybridized carbons (Fsp3) is 1.00. The van der Waals surface area contributed by atoms with E-state index in [-0.39, 0.29) is 0 Å². The van der Waals surface area contributed by atoms with E-state index in [1.54, 1.807) is 0 Å². The van der Waals surface area contributed by atoms with Crippen molar-refractivity contribution in [2.75, 3.05) is 19.6 Å². The van der Waals surface area contributed by atoms with Crippen LogP contribution >= 0.6 is 0 Å². The second-order valence-electron chi connectivity index (χ2n) is 6.64. The zero-order valence-electron chi connectivity index (χ0n) is 11.8. The molecule has 0 aromatic heterocycles. The van der Waals surface area contributed by atoms with E-state index < -0.39 is 0 Å². The van der Waals surface area contributed by atoms with Crippen molar-refractivity contribution >= 4 is 0 Å². The number of rotatable bonds is 7. The minimum Gasteiger partial charge on any atom is -0.315 e. The molecule has 3 atom stereocenters. The molecule has 2 heteroatoms. The Morgan fingerprint density at radius 2 is 1.65 bits per heavy atom. The first-order chi connectivity index (χ1) is 8.18. The molecule has 0 aliphatic heterocycles. The molecule has 2 fully saturated rings. The summed E-state index contributed by atoms with van der Waals surface area (Å²) in [5.41, 5.74) is 0. The maximum atomic E-state index is 3.71. The number of nitrogens with one attached hydrogen (secondary N) is 2. The molecule has 2 N–H and O–H groups in total. The van der Waals surface area contributed by atoms with Gasteiger partial charge in [-0.25, -0.2) is 0 Å². The normalized spacial score (nSPS) is 33.5. The fourth-order valence-electron chi connectivity index (χ4n) is 3.44. The van der Waals surface area contributed by atoms with Crippen LogP contribution in [0.4, 0.5) is 0 Å². The molecule has 0 saturated heterocycles. The van der Waals surface area contributed by atoms with Gasteiger partial charge in [0.15, 0.2) is 0 Å². The summed E-state index contributed by atoms with van der Waals surface area (Å²) in [6.45, 7) is 10.3. The molecule has 2 saturated carbocycles. The molecule has 2 aliphatic carbocycles. The number of hydrogen-bond acceptors (Lipinski definition) is 2. The summed E-state index contributed by atoms with van der Waals surface area (Å²) in [6.07, 6.45) is 6.00. The Bertz CT molecular complexity index is 215. The third kappa shape index (κ3) is 3.96. The third-order valence-corrected chi connectivity index (χ3v) is 4.54. The van der Waals surface area contributed by atoms with Crippen molar-refractivity contribution in [2.45, 2.75) is 52.5 Å². The molecule has 0 heterocycles. The molecule has 0 bridgehead atoms. The van der Waals surface area contributed by atoms with Crippen molar-refractivity contribution in [3.8, 4) is 0 Å². The van der Waals surface area contributed by atoms with Crippen molar-refractivity contribution in [2.24, 2.45) is 23.7 Å². The third-order valence-electron chi connectivity index (χ3n) is 4.54. The monoisotopic (exact) mass is 238 g/mol. The van der Waals surface area contributed by atoms with Gasteiger partial charge >= 0.3 is 0 Å². The molecule has 0 aromatic rings. The van der Waals surface area contributed by atoms with E-state index in [9.17, 15) is 0 Å². The van der Waals surface area contributed by atoms with Gasteiger partial charge in [-0.05, 0) is 56.5 Å². The first kappa shape index (κ1) is 13.4. The van der Waals surface area contributed by atoms with E-state index in [0.717, 1.165) is 36.8 Å².